The molecule has 2 rings (SSSR count). The Kier molecular flexibility index (Phi) is 3.78. The van der Waals surface area contributed by atoms with Crippen LogP contribution in [0.1, 0.15) is 0 Å². The van der Waals surface area contributed by atoms with E-state index in [9.17, 15) is 13.2 Å². The summed E-state index contributed by atoms with van der Waals surface area (Å²) in [7, 11) is -1.62. The third kappa shape index (κ3) is 3.07. The van der Waals surface area contributed by atoms with E-state index in [0.717, 1.165) is 0 Å². The van der Waals surface area contributed by atoms with Crippen LogP contribution in [0.2, 0.25) is 0 Å². The lowest BCUT2D eigenvalue weighted by atomic mass is 9.80. The van der Waals surface area contributed by atoms with Gasteiger partial charge in [0, 0.05) is 12.1 Å². The summed E-state index contributed by atoms with van der Waals surface area (Å²) in [6.07, 6.45) is 0. The van der Waals surface area contributed by atoms with Gasteiger partial charge in [-0.3, -0.25) is 0 Å². The summed E-state index contributed by atoms with van der Waals surface area (Å²) in [6, 6.07) is 6.94. The predicted molar refractivity (Wildman–Crippen MR) is 62.7 cm³/mol. The molecular formula is C12H8BF3O3. The second-order valence-corrected chi connectivity index (χ2v) is 3.75. The van der Waals surface area contributed by atoms with Crippen molar-refractivity contribution in [3.05, 3.63) is 53.8 Å². The minimum atomic E-state index is -1.62. The molecule has 0 amide bonds. The molecule has 0 aliphatic carbocycles. The van der Waals surface area contributed by atoms with Gasteiger partial charge in [-0.15, -0.1) is 0 Å². The maximum Gasteiger partial charge on any atom is 0.488 e. The fourth-order valence-electron chi connectivity index (χ4n) is 1.44. The lowest BCUT2D eigenvalue weighted by molar-refractivity contribution is 0.423. The fourth-order valence-corrected chi connectivity index (χ4v) is 1.44. The number of benzene rings is 2. The first-order valence-corrected chi connectivity index (χ1v) is 5.26. The first-order valence-electron chi connectivity index (χ1n) is 5.26. The molecule has 0 unspecified atom stereocenters. The number of hydrogen-bond acceptors (Lipinski definition) is 3. The van der Waals surface area contributed by atoms with E-state index >= 15 is 0 Å². The highest BCUT2D eigenvalue weighted by Gasteiger charge is 2.13. The first kappa shape index (κ1) is 13.4. The maximum absolute atomic E-state index is 13.0. The topological polar surface area (TPSA) is 49.7 Å². The van der Waals surface area contributed by atoms with E-state index in [2.05, 4.69) is 0 Å². The van der Waals surface area contributed by atoms with Gasteiger partial charge in [0.2, 0.25) is 0 Å². The lowest BCUT2D eigenvalue weighted by Crippen LogP contribution is -2.29. The molecule has 0 spiro atoms. The molecule has 19 heavy (non-hydrogen) atoms. The average Bonchev–Trinajstić information content (AvgIpc) is 2.36. The van der Waals surface area contributed by atoms with Crippen LogP contribution in [0, 0.1) is 17.5 Å². The van der Waals surface area contributed by atoms with Crippen molar-refractivity contribution < 1.29 is 28.0 Å². The fraction of sp³-hybridized carbons (Fsp3) is 0. The van der Waals surface area contributed by atoms with Crippen LogP contribution >= 0.6 is 0 Å². The van der Waals surface area contributed by atoms with Gasteiger partial charge in [-0.25, -0.2) is 13.2 Å². The highest BCUT2D eigenvalue weighted by atomic mass is 19.2. The van der Waals surface area contributed by atoms with Crippen molar-refractivity contribution in [1.82, 2.24) is 0 Å². The minimum Gasteiger partial charge on any atom is -0.457 e. The predicted octanol–water partition coefficient (Wildman–Crippen LogP) is 1.58. The third-order valence-electron chi connectivity index (χ3n) is 2.37. The maximum atomic E-state index is 13.0. The van der Waals surface area contributed by atoms with Crippen molar-refractivity contribution in [2.24, 2.45) is 0 Å². The zero-order valence-electron chi connectivity index (χ0n) is 9.48. The van der Waals surface area contributed by atoms with Crippen LogP contribution in [-0.4, -0.2) is 17.2 Å². The molecule has 0 fully saturated rings. The molecule has 0 saturated carbocycles. The smallest absolute Gasteiger partial charge is 0.457 e. The van der Waals surface area contributed by atoms with Gasteiger partial charge < -0.3 is 14.8 Å². The van der Waals surface area contributed by atoms with Gasteiger partial charge in [0.05, 0.1) is 0 Å². The molecule has 7 heteroatoms. The second kappa shape index (κ2) is 5.33. The molecule has 2 aromatic rings. The molecule has 0 radical (unpaired) electrons. The molecule has 2 N–H and O–H groups in total. The van der Waals surface area contributed by atoms with E-state index in [4.69, 9.17) is 14.8 Å². The summed E-state index contributed by atoms with van der Waals surface area (Å²) >= 11 is 0. The van der Waals surface area contributed by atoms with Crippen molar-refractivity contribution in [3.63, 3.8) is 0 Å². The van der Waals surface area contributed by atoms with Crippen LogP contribution in [-0.2, 0) is 0 Å². The molecule has 0 aromatic heterocycles. The van der Waals surface area contributed by atoms with Crippen molar-refractivity contribution in [2.45, 2.75) is 0 Å². The molecule has 0 heterocycles. The molecule has 98 valence electrons. The van der Waals surface area contributed by atoms with Crippen molar-refractivity contribution in [1.29, 1.82) is 0 Å². The van der Waals surface area contributed by atoms with Crippen LogP contribution in [0.5, 0.6) is 11.5 Å². The Balaban J connectivity index is 2.21. The van der Waals surface area contributed by atoms with E-state index in [1.807, 2.05) is 0 Å². The summed E-state index contributed by atoms with van der Waals surface area (Å²) in [5, 5.41) is 17.8. The zero-order chi connectivity index (χ0) is 14.0. The number of halogens is 3. The Morgan fingerprint density at radius 2 is 1.37 bits per heavy atom. The summed E-state index contributed by atoms with van der Waals surface area (Å²) in [6.45, 7) is 0. The van der Waals surface area contributed by atoms with E-state index in [1.54, 1.807) is 0 Å². The Morgan fingerprint density at radius 1 is 0.842 bits per heavy atom. The van der Waals surface area contributed by atoms with Crippen molar-refractivity contribution >= 4 is 12.6 Å². The Morgan fingerprint density at radius 3 is 1.84 bits per heavy atom. The van der Waals surface area contributed by atoms with E-state index in [1.165, 1.54) is 24.3 Å². The number of rotatable bonds is 3. The van der Waals surface area contributed by atoms with Gasteiger partial charge >= 0.3 is 7.12 Å². The molecule has 2 aromatic carbocycles. The van der Waals surface area contributed by atoms with Gasteiger partial charge in [0.1, 0.15) is 11.5 Å². The molecular weight excluding hydrogens is 260 g/mol. The monoisotopic (exact) mass is 268 g/mol. The molecule has 0 aliphatic rings. The summed E-state index contributed by atoms with van der Waals surface area (Å²) in [5.41, 5.74) is 0.240. The Labute approximate surface area is 107 Å². The van der Waals surface area contributed by atoms with Crippen LogP contribution in [0.25, 0.3) is 0 Å². The number of ether oxygens (including phenoxy) is 1. The van der Waals surface area contributed by atoms with Gasteiger partial charge in [-0.1, -0.05) is 12.1 Å². The van der Waals surface area contributed by atoms with Gasteiger partial charge in [0.15, 0.2) is 17.5 Å². The van der Waals surface area contributed by atoms with Crippen molar-refractivity contribution in [3.8, 4) is 11.5 Å². The number of hydrogen-bond donors (Lipinski definition) is 2. The molecule has 0 aliphatic heterocycles. The second-order valence-electron chi connectivity index (χ2n) is 3.75. The largest absolute Gasteiger partial charge is 0.488 e. The Hall–Kier alpha value is -1.99. The van der Waals surface area contributed by atoms with Crippen LogP contribution < -0.4 is 10.2 Å². The lowest BCUT2D eigenvalue weighted by Gasteiger charge is -2.07. The Bertz CT molecular complexity index is 564. The molecule has 3 nitrogen and oxygen atoms in total. The van der Waals surface area contributed by atoms with E-state index in [-0.39, 0.29) is 17.0 Å². The zero-order valence-corrected chi connectivity index (χ0v) is 9.48. The molecule has 0 saturated heterocycles. The SMILES string of the molecule is OB(O)c1ccc(Oc2cc(F)c(F)c(F)c2)cc1. The third-order valence-corrected chi connectivity index (χ3v) is 2.37. The minimum absolute atomic E-state index is 0.200. The standard InChI is InChI=1S/C12H8BF3O3/c14-10-5-9(6-11(15)12(10)16)19-8-3-1-7(2-4-8)13(17)18/h1-6,17-18H. The average molecular weight is 268 g/mol. The normalized spacial score (nSPS) is 10.4. The van der Waals surface area contributed by atoms with Crippen LogP contribution in [0.3, 0.4) is 0 Å². The van der Waals surface area contributed by atoms with Crippen molar-refractivity contribution in [2.75, 3.05) is 0 Å². The highest BCUT2D eigenvalue weighted by Crippen LogP contribution is 2.24. The summed E-state index contributed by atoms with van der Waals surface area (Å²) < 4.78 is 43.8. The molecule has 0 bridgehead atoms. The van der Waals surface area contributed by atoms with E-state index < -0.39 is 24.6 Å². The highest BCUT2D eigenvalue weighted by molar-refractivity contribution is 6.58. The first-order chi connectivity index (χ1) is 8.97. The summed E-state index contributed by atoms with van der Waals surface area (Å²) in [4.78, 5) is 0. The van der Waals surface area contributed by atoms with E-state index in [0.29, 0.717) is 12.1 Å². The molecule has 0 atom stereocenters. The van der Waals surface area contributed by atoms with Gasteiger partial charge in [-0.2, -0.15) is 0 Å². The summed E-state index contributed by atoms with van der Waals surface area (Å²) in [5.74, 6) is -4.25. The van der Waals surface area contributed by atoms with Crippen LogP contribution in [0.4, 0.5) is 13.2 Å². The van der Waals surface area contributed by atoms with Gasteiger partial charge in [0.25, 0.3) is 0 Å². The van der Waals surface area contributed by atoms with Gasteiger partial charge in [-0.05, 0) is 17.6 Å². The van der Waals surface area contributed by atoms with Crippen LogP contribution in [0.15, 0.2) is 36.4 Å². The quantitative estimate of drug-likeness (QED) is 0.656.